The number of morpholine rings is 1. The highest BCUT2D eigenvalue weighted by Crippen LogP contribution is 2.24. The lowest BCUT2D eigenvalue weighted by Gasteiger charge is -2.26. The molecule has 0 amide bonds. The van der Waals surface area contributed by atoms with Crippen molar-refractivity contribution < 1.29 is 32.2 Å². The van der Waals surface area contributed by atoms with Crippen molar-refractivity contribution in [1.29, 1.82) is 0 Å². The van der Waals surface area contributed by atoms with Crippen molar-refractivity contribution in [3.63, 3.8) is 0 Å². The zero-order valence-electron chi connectivity index (χ0n) is 18.8. The van der Waals surface area contributed by atoms with Gasteiger partial charge < -0.3 is 18.8 Å². The zero-order chi connectivity index (χ0) is 24.2. The van der Waals surface area contributed by atoms with Gasteiger partial charge in [-0.15, -0.1) is 0 Å². The molecule has 0 N–H and O–H groups in total. The number of rotatable bonds is 9. The van der Waals surface area contributed by atoms with Gasteiger partial charge in [0.25, 0.3) is 0 Å². The number of methoxy groups -OCH3 is 1. The van der Waals surface area contributed by atoms with Gasteiger partial charge in [-0.25, -0.2) is 13.2 Å². The number of Topliss-reactive ketones (excluding diaryl/α,β-unsaturated/α-hetero) is 1. The van der Waals surface area contributed by atoms with Crippen LogP contribution < -0.4 is 0 Å². The van der Waals surface area contributed by atoms with Gasteiger partial charge in [0.2, 0.25) is 15.8 Å². The smallest absolute Gasteiger partial charge is 0.340 e. The number of carbonyl (C=O) groups excluding carboxylic acids is 2. The summed E-state index contributed by atoms with van der Waals surface area (Å²) in [6.07, 6.45) is 0. The van der Waals surface area contributed by atoms with Crippen LogP contribution in [0.4, 0.5) is 0 Å². The van der Waals surface area contributed by atoms with Crippen LogP contribution in [-0.2, 0) is 30.8 Å². The molecule has 0 radical (unpaired) electrons. The van der Waals surface area contributed by atoms with Crippen molar-refractivity contribution in [2.75, 3.05) is 46.6 Å². The van der Waals surface area contributed by atoms with Gasteiger partial charge in [0.1, 0.15) is 0 Å². The van der Waals surface area contributed by atoms with Crippen molar-refractivity contribution in [2.45, 2.75) is 25.3 Å². The van der Waals surface area contributed by atoms with Gasteiger partial charge >= 0.3 is 5.97 Å². The molecule has 0 bridgehead atoms. The van der Waals surface area contributed by atoms with Crippen molar-refractivity contribution >= 4 is 33.4 Å². The van der Waals surface area contributed by atoms with Crippen LogP contribution in [0, 0.1) is 13.8 Å². The fraction of sp³-hybridized carbons (Fsp3) is 0.455. The number of nitrogens with zero attached hydrogens (tertiary/aromatic N) is 2. The molecule has 0 atom stereocenters. The van der Waals surface area contributed by atoms with Gasteiger partial charge in [-0.1, -0.05) is 11.6 Å². The molecule has 1 fully saturated rings. The van der Waals surface area contributed by atoms with Crippen LogP contribution in [0.5, 0.6) is 0 Å². The monoisotopic (exact) mass is 498 g/mol. The van der Waals surface area contributed by atoms with E-state index in [9.17, 15) is 18.0 Å². The fourth-order valence-corrected chi connectivity index (χ4v) is 5.28. The Morgan fingerprint density at radius 3 is 2.48 bits per heavy atom. The molecule has 0 unspecified atom stereocenters. The Hall–Kier alpha value is -2.24. The second-order valence-corrected chi connectivity index (χ2v) is 9.93. The summed E-state index contributed by atoms with van der Waals surface area (Å²) < 4.78 is 44.5. The molecule has 11 heteroatoms. The number of esters is 1. The summed E-state index contributed by atoms with van der Waals surface area (Å²) in [6.45, 7) is 5.35. The highest BCUT2D eigenvalue weighted by molar-refractivity contribution is 7.89. The second-order valence-electron chi connectivity index (χ2n) is 7.59. The summed E-state index contributed by atoms with van der Waals surface area (Å²) in [7, 11) is -2.21. The van der Waals surface area contributed by atoms with Crippen LogP contribution in [-0.4, -0.2) is 75.7 Å². The van der Waals surface area contributed by atoms with E-state index in [1.54, 1.807) is 13.2 Å². The average Bonchev–Trinajstić information content (AvgIpc) is 3.09. The molecular formula is C22H27ClN2O7S. The summed E-state index contributed by atoms with van der Waals surface area (Å²) >= 11 is 6.13. The van der Waals surface area contributed by atoms with Crippen molar-refractivity contribution in [2.24, 2.45) is 0 Å². The molecule has 1 aromatic heterocycles. The lowest BCUT2D eigenvalue weighted by Crippen LogP contribution is -2.40. The summed E-state index contributed by atoms with van der Waals surface area (Å²) in [6, 6.07) is 5.58. The summed E-state index contributed by atoms with van der Waals surface area (Å²) in [5, 5.41) is 0.0334. The van der Waals surface area contributed by atoms with Crippen LogP contribution in [0.2, 0.25) is 5.02 Å². The van der Waals surface area contributed by atoms with Crippen molar-refractivity contribution in [1.82, 2.24) is 8.87 Å². The average molecular weight is 499 g/mol. The van der Waals surface area contributed by atoms with E-state index in [2.05, 4.69) is 0 Å². The first-order valence-corrected chi connectivity index (χ1v) is 12.2. The number of sulfonamides is 1. The Labute approximate surface area is 198 Å². The molecular weight excluding hydrogens is 472 g/mol. The van der Waals surface area contributed by atoms with Crippen LogP contribution in [0.25, 0.3) is 0 Å². The fourth-order valence-electron chi connectivity index (χ4n) is 3.65. The van der Waals surface area contributed by atoms with Crippen molar-refractivity contribution in [3.05, 3.63) is 51.8 Å². The first kappa shape index (κ1) is 25.4. The minimum absolute atomic E-state index is 0.0334. The third kappa shape index (κ3) is 5.64. The molecule has 1 aliphatic rings. The lowest BCUT2D eigenvalue weighted by atomic mass is 10.1. The Morgan fingerprint density at radius 1 is 1.12 bits per heavy atom. The third-order valence-corrected chi connectivity index (χ3v) is 7.72. The van der Waals surface area contributed by atoms with Crippen LogP contribution in [0.3, 0.4) is 0 Å². The Bertz CT molecular complexity index is 1140. The topological polar surface area (TPSA) is 104 Å². The largest absolute Gasteiger partial charge is 0.454 e. The minimum atomic E-state index is -3.82. The predicted molar refractivity (Wildman–Crippen MR) is 121 cm³/mol. The van der Waals surface area contributed by atoms with E-state index in [-0.39, 0.29) is 34.4 Å². The van der Waals surface area contributed by atoms with E-state index in [0.717, 1.165) is 11.4 Å². The SMILES string of the molecule is COCCn1c(C)cc(C(=O)COC(=O)c2cc(S(=O)(=O)N3CCOCC3)ccc2Cl)c1C. The van der Waals surface area contributed by atoms with E-state index >= 15 is 0 Å². The standard InChI is InChI=1S/C22H27ClN2O7S/c1-15-12-18(16(2)25(15)8-9-30-3)21(26)14-32-22(27)19-13-17(4-5-20(19)23)33(28,29)24-6-10-31-11-7-24/h4-5,12-13H,6-11,14H2,1-3H3. The zero-order valence-corrected chi connectivity index (χ0v) is 20.4. The molecule has 0 spiro atoms. The van der Waals surface area contributed by atoms with Gasteiger partial charge in [-0.2, -0.15) is 4.31 Å². The highest BCUT2D eigenvalue weighted by atomic mass is 35.5. The quantitative estimate of drug-likeness (QED) is 0.386. The van der Waals surface area contributed by atoms with E-state index in [0.29, 0.717) is 31.9 Å². The van der Waals surface area contributed by atoms with E-state index < -0.39 is 22.6 Å². The summed E-state index contributed by atoms with van der Waals surface area (Å²) in [5.74, 6) is -1.24. The molecule has 33 heavy (non-hydrogen) atoms. The first-order valence-electron chi connectivity index (χ1n) is 10.4. The van der Waals surface area contributed by atoms with E-state index in [1.165, 1.54) is 22.5 Å². The molecule has 1 aromatic carbocycles. The Morgan fingerprint density at radius 2 is 1.82 bits per heavy atom. The third-order valence-electron chi connectivity index (χ3n) is 5.49. The normalized spacial score (nSPS) is 14.9. The van der Waals surface area contributed by atoms with Gasteiger partial charge in [-0.05, 0) is 38.1 Å². The maximum Gasteiger partial charge on any atom is 0.340 e. The lowest BCUT2D eigenvalue weighted by molar-refractivity contribution is 0.0474. The van der Waals surface area contributed by atoms with E-state index in [4.69, 9.17) is 25.8 Å². The molecule has 9 nitrogen and oxygen atoms in total. The molecule has 1 saturated heterocycles. The molecule has 1 aliphatic heterocycles. The van der Waals surface area contributed by atoms with Crippen LogP contribution >= 0.6 is 11.6 Å². The van der Waals surface area contributed by atoms with Gasteiger partial charge in [0.15, 0.2) is 6.61 Å². The molecule has 3 rings (SSSR count). The number of ether oxygens (including phenoxy) is 3. The molecule has 2 aromatic rings. The van der Waals surface area contributed by atoms with Gasteiger partial charge in [0.05, 0.1) is 35.3 Å². The number of carbonyl (C=O) groups is 2. The number of aryl methyl sites for hydroxylation is 1. The Balaban J connectivity index is 1.73. The van der Waals surface area contributed by atoms with Crippen LogP contribution in [0.1, 0.15) is 32.1 Å². The molecule has 2 heterocycles. The molecule has 0 aliphatic carbocycles. The minimum Gasteiger partial charge on any atom is -0.454 e. The maximum absolute atomic E-state index is 12.9. The number of ketones is 1. The number of hydrogen-bond acceptors (Lipinski definition) is 7. The first-order chi connectivity index (χ1) is 15.7. The van der Waals surface area contributed by atoms with E-state index in [1.807, 2.05) is 18.4 Å². The summed E-state index contributed by atoms with van der Waals surface area (Å²) in [4.78, 5) is 25.3. The summed E-state index contributed by atoms with van der Waals surface area (Å²) in [5.41, 5.74) is 1.97. The highest BCUT2D eigenvalue weighted by Gasteiger charge is 2.28. The van der Waals surface area contributed by atoms with Gasteiger partial charge in [-0.3, -0.25) is 4.79 Å². The predicted octanol–water partition coefficient (Wildman–Crippen LogP) is 2.47. The molecule has 180 valence electrons. The second kappa shape index (κ2) is 10.8. The molecule has 0 saturated carbocycles. The van der Waals surface area contributed by atoms with Crippen molar-refractivity contribution in [3.8, 4) is 0 Å². The number of aromatic nitrogens is 1. The number of benzene rings is 1. The van der Waals surface area contributed by atoms with Crippen LogP contribution in [0.15, 0.2) is 29.2 Å². The number of halogens is 1. The maximum atomic E-state index is 12.9. The Kier molecular flexibility index (Phi) is 8.30. The van der Waals surface area contributed by atoms with Gasteiger partial charge in [0, 0.05) is 43.7 Å². The number of hydrogen-bond donors (Lipinski definition) is 0.